The molecule has 2 N–H and O–H groups in total. The van der Waals surface area contributed by atoms with E-state index in [1.54, 1.807) is 11.3 Å². The summed E-state index contributed by atoms with van der Waals surface area (Å²) in [5.74, 6) is -1.22. The summed E-state index contributed by atoms with van der Waals surface area (Å²) >= 11 is 7.39. The molecule has 1 atom stereocenters. The average molecular weight is 309 g/mol. The van der Waals surface area contributed by atoms with Gasteiger partial charge in [0.15, 0.2) is 5.13 Å². The molecule has 104 valence electrons. The van der Waals surface area contributed by atoms with Gasteiger partial charge < -0.3 is 10.4 Å². The molecule has 0 spiro atoms. The van der Waals surface area contributed by atoms with Crippen LogP contribution >= 0.6 is 22.9 Å². The Morgan fingerprint density at radius 1 is 1.45 bits per heavy atom. The number of thiazole rings is 1. The van der Waals surface area contributed by atoms with Crippen LogP contribution in [0.3, 0.4) is 0 Å². The summed E-state index contributed by atoms with van der Waals surface area (Å²) in [6.45, 7) is 0.654. The number of aliphatic carboxylic acids is 1. The van der Waals surface area contributed by atoms with Gasteiger partial charge >= 0.3 is 5.97 Å². The maximum atomic E-state index is 11.1. The minimum Gasteiger partial charge on any atom is -0.481 e. The Balaban J connectivity index is 1.69. The zero-order valence-electron chi connectivity index (χ0n) is 10.6. The molecule has 4 nitrogen and oxygen atoms in total. The second kappa shape index (κ2) is 5.42. The van der Waals surface area contributed by atoms with Crippen LogP contribution in [0.25, 0.3) is 0 Å². The number of aromatic nitrogens is 1. The quantitative estimate of drug-likeness (QED) is 0.907. The lowest BCUT2D eigenvalue weighted by molar-refractivity contribution is -0.138. The Kier molecular flexibility index (Phi) is 3.63. The SMILES string of the molecule is O=C(O)C1CCc2sc(NCc3ccc(Cl)cc3)nc21. The van der Waals surface area contributed by atoms with E-state index in [4.69, 9.17) is 16.7 Å². The largest absolute Gasteiger partial charge is 0.481 e. The van der Waals surface area contributed by atoms with Crippen molar-refractivity contribution in [3.05, 3.63) is 45.4 Å². The van der Waals surface area contributed by atoms with E-state index >= 15 is 0 Å². The first-order chi connectivity index (χ1) is 9.63. The van der Waals surface area contributed by atoms with Crippen molar-refractivity contribution in [2.24, 2.45) is 0 Å². The highest BCUT2D eigenvalue weighted by atomic mass is 35.5. The molecule has 0 saturated heterocycles. The number of carboxylic acids is 1. The molecule has 0 amide bonds. The molecule has 2 aromatic rings. The average Bonchev–Trinajstić information content (AvgIpc) is 2.97. The van der Waals surface area contributed by atoms with Crippen LogP contribution in [-0.2, 0) is 17.8 Å². The predicted molar refractivity (Wildman–Crippen MR) is 79.6 cm³/mol. The van der Waals surface area contributed by atoms with E-state index in [9.17, 15) is 4.79 Å². The molecule has 3 rings (SSSR count). The van der Waals surface area contributed by atoms with Gasteiger partial charge in [-0.25, -0.2) is 4.98 Å². The Bertz CT molecular complexity index is 639. The number of carbonyl (C=O) groups is 1. The number of carboxylic acid groups (broad SMARTS) is 1. The highest BCUT2D eigenvalue weighted by Gasteiger charge is 2.32. The number of hydrogen-bond acceptors (Lipinski definition) is 4. The Labute approximate surface area is 125 Å². The van der Waals surface area contributed by atoms with E-state index < -0.39 is 11.9 Å². The summed E-state index contributed by atoms with van der Waals surface area (Å²) < 4.78 is 0. The number of hydrogen-bond donors (Lipinski definition) is 2. The van der Waals surface area contributed by atoms with Gasteiger partial charge in [-0.15, -0.1) is 11.3 Å². The molecule has 1 heterocycles. The first-order valence-corrected chi connectivity index (χ1v) is 7.53. The van der Waals surface area contributed by atoms with Gasteiger partial charge in [0.1, 0.15) is 5.92 Å². The molecule has 0 aliphatic heterocycles. The van der Waals surface area contributed by atoms with Crippen LogP contribution in [0.4, 0.5) is 5.13 Å². The van der Waals surface area contributed by atoms with E-state index in [1.165, 1.54) is 0 Å². The number of halogens is 1. The van der Waals surface area contributed by atoms with Crippen LogP contribution in [-0.4, -0.2) is 16.1 Å². The van der Waals surface area contributed by atoms with Gasteiger partial charge in [-0.3, -0.25) is 4.79 Å². The Hall–Kier alpha value is -1.59. The van der Waals surface area contributed by atoms with Crippen LogP contribution in [0.2, 0.25) is 5.02 Å². The lowest BCUT2D eigenvalue weighted by Crippen LogP contribution is -2.09. The number of rotatable bonds is 4. The smallest absolute Gasteiger partial charge is 0.312 e. The van der Waals surface area contributed by atoms with Gasteiger partial charge in [0, 0.05) is 16.4 Å². The molecule has 0 bridgehead atoms. The molecule has 1 aromatic heterocycles. The third-order valence-corrected chi connectivity index (χ3v) is 4.71. The summed E-state index contributed by atoms with van der Waals surface area (Å²) in [4.78, 5) is 16.6. The van der Waals surface area contributed by atoms with Crippen LogP contribution in [0.15, 0.2) is 24.3 Å². The van der Waals surface area contributed by atoms with Crippen molar-refractivity contribution >= 4 is 34.0 Å². The van der Waals surface area contributed by atoms with Crippen molar-refractivity contribution in [1.29, 1.82) is 0 Å². The summed E-state index contributed by atoms with van der Waals surface area (Å²) in [6, 6.07) is 7.61. The van der Waals surface area contributed by atoms with E-state index in [-0.39, 0.29) is 0 Å². The fraction of sp³-hybridized carbons (Fsp3) is 0.286. The number of nitrogens with one attached hydrogen (secondary N) is 1. The molecular weight excluding hydrogens is 296 g/mol. The summed E-state index contributed by atoms with van der Waals surface area (Å²) in [6.07, 6.45) is 1.48. The zero-order valence-corrected chi connectivity index (χ0v) is 12.2. The van der Waals surface area contributed by atoms with E-state index in [2.05, 4.69) is 10.3 Å². The standard InChI is InChI=1S/C14H13ClN2O2S/c15-9-3-1-8(2-4-9)7-16-14-17-12-10(13(18)19)5-6-11(12)20-14/h1-4,10H,5-7H2,(H,16,17)(H,18,19). The third kappa shape index (κ3) is 2.64. The summed E-state index contributed by atoms with van der Waals surface area (Å²) in [5.41, 5.74) is 1.85. The van der Waals surface area contributed by atoms with E-state index in [0.29, 0.717) is 18.0 Å². The van der Waals surface area contributed by atoms with Crippen LogP contribution < -0.4 is 5.32 Å². The van der Waals surface area contributed by atoms with Gasteiger partial charge in [-0.1, -0.05) is 23.7 Å². The van der Waals surface area contributed by atoms with Crippen LogP contribution in [0.1, 0.15) is 28.5 Å². The van der Waals surface area contributed by atoms with E-state index in [0.717, 1.165) is 27.7 Å². The molecule has 0 saturated carbocycles. The van der Waals surface area contributed by atoms with Crippen molar-refractivity contribution in [3.63, 3.8) is 0 Å². The molecule has 20 heavy (non-hydrogen) atoms. The van der Waals surface area contributed by atoms with Gasteiger partial charge in [0.2, 0.25) is 0 Å². The Morgan fingerprint density at radius 2 is 2.20 bits per heavy atom. The number of nitrogens with zero attached hydrogens (tertiary/aromatic N) is 1. The zero-order chi connectivity index (χ0) is 14.1. The monoisotopic (exact) mass is 308 g/mol. The minimum atomic E-state index is -0.779. The molecule has 1 unspecified atom stereocenters. The van der Waals surface area contributed by atoms with Crippen molar-refractivity contribution in [1.82, 2.24) is 4.98 Å². The number of anilines is 1. The van der Waals surface area contributed by atoms with Crippen LogP contribution in [0, 0.1) is 0 Å². The first kappa shape index (κ1) is 13.4. The molecular formula is C14H13ClN2O2S. The number of fused-ring (bicyclic) bond motifs is 1. The van der Waals surface area contributed by atoms with Gasteiger partial charge in [0.25, 0.3) is 0 Å². The second-order valence-electron chi connectivity index (χ2n) is 4.74. The lowest BCUT2D eigenvalue weighted by Gasteiger charge is -2.04. The first-order valence-electron chi connectivity index (χ1n) is 6.34. The van der Waals surface area contributed by atoms with Crippen LogP contribution in [0.5, 0.6) is 0 Å². The van der Waals surface area contributed by atoms with Crippen molar-refractivity contribution in [3.8, 4) is 0 Å². The van der Waals surface area contributed by atoms with Gasteiger partial charge in [-0.05, 0) is 30.5 Å². The van der Waals surface area contributed by atoms with Gasteiger partial charge in [-0.2, -0.15) is 0 Å². The van der Waals surface area contributed by atoms with Gasteiger partial charge in [0.05, 0.1) is 5.69 Å². The second-order valence-corrected chi connectivity index (χ2v) is 6.26. The molecule has 1 aliphatic carbocycles. The maximum absolute atomic E-state index is 11.1. The lowest BCUT2D eigenvalue weighted by atomic mass is 10.1. The van der Waals surface area contributed by atoms with Crippen molar-refractivity contribution in [2.45, 2.75) is 25.3 Å². The van der Waals surface area contributed by atoms with E-state index in [1.807, 2.05) is 24.3 Å². The number of benzene rings is 1. The molecule has 1 aromatic carbocycles. The summed E-state index contributed by atoms with van der Waals surface area (Å²) in [7, 11) is 0. The summed E-state index contributed by atoms with van der Waals surface area (Å²) in [5, 5.41) is 13.9. The normalized spacial score (nSPS) is 16.9. The fourth-order valence-electron chi connectivity index (χ4n) is 2.32. The topological polar surface area (TPSA) is 62.2 Å². The Morgan fingerprint density at radius 3 is 2.90 bits per heavy atom. The third-order valence-electron chi connectivity index (χ3n) is 3.37. The molecule has 6 heteroatoms. The maximum Gasteiger partial charge on any atom is 0.312 e. The highest BCUT2D eigenvalue weighted by Crippen LogP contribution is 2.38. The predicted octanol–water partition coefficient (Wildman–Crippen LogP) is 3.52. The highest BCUT2D eigenvalue weighted by molar-refractivity contribution is 7.15. The minimum absolute atomic E-state index is 0.438. The molecule has 0 radical (unpaired) electrons. The fourth-order valence-corrected chi connectivity index (χ4v) is 3.48. The molecule has 1 aliphatic rings. The number of aryl methyl sites for hydroxylation is 1. The molecule has 0 fully saturated rings. The van der Waals surface area contributed by atoms with Crippen molar-refractivity contribution < 1.29 is 9.90 Å². The van der Waals surface area contributed by atoms with Crippen molar-refractivity contribution in [2.75, 3.05) is 5.32 Å².